The molecule has 1 fully saturated rings. The number of fused-ring (bicyclic) bond motifs is 1. The maximum absolute atomic E-state index is 14.5. The minimum Gasteiger partial charge on any atom is -0.480 e. The van der Waals surface area contributed by atoms with Crippen LogP contribution in [-0.2, 0) is 14.8 Å². The number of benzene rings is 2. The van der Waals surface area contributed by atoms with Gasteiger partial charge in [0.1, 0.15) is 34.1 Å². The van der Waals surface area contributed by atoms with E-state index in [1.807, 2.05) is 39.0 Å². The van der Waals surface area contributed by atoms with E-state index in [0.29, 0.717) is 43.1 Å². The standard InChI is InChI=1S/C30H33FN6O5S/c1-19-6-9-26(23(31)14-19)43(39,40)35-25-16-21(17-32-28(25)41-5)20-7-8-24-22(15-20)27(34-18-33-24)36-10-12-37(13-11-36)29(38)42-30(2,3)4/h6-9,14-18,35H,10-13H2,1-5H3. The molecular weight excluding hydrogens is 575 g/mol. The smallest absolute Gasteiger partial charge is 0.410 e. The van der Waals surface area contributed by atoms with Gasteiger partial charge in [-0.25, -0.2) is 32.6 Å². The third-order valence-corrected chi connectivity index (χ3v) is 8.24. The summed E-state index contributed by atoms with van der Waals surface area (Å²) in [5, 5.41) is 0.783. The number of sulfonamides is 1. The number of carbonyl (C=O) groups is 1. The van der Waals surface area contributed by atoms with Crippen molar-refractivity contribution in [1.82, 2.24) is 19.9 Å². The number of piperazine rings is 1. The van der Waals surface area contributed by atoms with Crippen molar-refractivity contribution in [2.24, 2.45) is 0 Å². The van der Waals surface area contributed by atoms with Crippen molar-refractivity contribution in [3.8, 4) is 17.0 Å². The summed E-state index contributed by atoms with van der Waals surface area (Å²) in [7, 11) is -2.91. The predicted octanol–water partition coefficient (Wildman–Crippen LogP) is 5.01. The molecule has 1 aliphatic heterocycles. The number of hydrogen-bond donors (Lipinski definition) is 1. The predicted molar refractivity (Wildman–Crippen MR) is 161 cm³/mol. The van der Waals surface area contributed by atoms with Crippen LogP contribution in [0.3, 0.4) is 0 Å². The average Bonchev–Trinajstić information content (AvgIpc) is 2.95. The second-order valence-electron chi connectivity index (χ2n) is 11.2. The summed E-state index contributed by atoms with van der Waals surface area (Å²) in [5.74, 6) is -0.106. The molecule has 3 heterocycles. The van der Waals surface area contributed by atoms with E-state index in [1.165, 1.54) is 25.6 Å². The molecule has 0 saturated carbocycles. The fourth-order valence-electron chi connectivity index (χ4n) is 4.77. The number of anilines is 2. The molecule has 0 atom stereocenters. The second kappa shape index (κ2) is 11.6. The number of aromatic nitrogens is 3. The lowest BCUT2D eigenvalue weighted by molar-refractivity contribution is 0.0240. The highest BCUT2D eigenvalue weighted by Gasteiger charge is 2.27. The van der Waals surface area contributed by atoms with Crippen LogP contribution in [0, 0.1) is 12.7 Å². The maximum atomic E-state index is 14.5. The first-order chi connectivity index (χ1) is 20.3. The lowest BCUT2D eigenvalue weighted by Crippen LogP contribution is -2.50. The minimum absolute atomic E-state index is 0.0347. The van der Waals surface area contributed by atoms with Gasteiger partial charge in [-0.15, -0.1) is 0 Å². The number of methoxy groups -OCH3 is 1. The van der Waals surface area contributed by atoms with Gasteiger partial charge in [0.15, 0.2) is 0 Å². The van der Waals surface area contributed by atoms with Gasteiger partial charge in [-0.1, -0.05) is 12.1 Å². The molecule has 0 unspecified atom stereocenters. The zero-order chi connectivity index (χ0) is 30.9. The first kappa shape index (κ1) is 30.0. The fourth-order valence-corrected chi connectivity index (χ4v) is 5.88. The molecule has 1 amide bonds. The Balaban J connectivity index is 1.43. The highest BCUT2D eigenvalue weighted by Crippen LogP contribution is 2.33. The first-order valence-electron chi connectivity index (χ1n) is 13.7. The number of halogens is 1. The molecule has 226 valence electrons. The second-order valence-corrected chi connectivity index (χ2v) is 12.9. The lowest BCUT2D eigenvalue weighted by Gasteiger charge is -2.36. The monoisotopic (exact) mass is 608 g/mol. The van der Waals surface area contributed by atoms with Gasteiger partial charge in [0.25, 0.3) is 10.0 Å². The highest BCUT2D eigenvalue weighted by molar-refractivity contribution is 7.92. The summed E-state index contributed by atoms with van der Waals surface area (Å²) in [6.45, 7) is 9.26. The van der Waals surface area contributed by atoms with Crippen molar-refractivity contribution in [3.63, 3.8) is 0 Å². The Labute approximate surface area is 249 Å². The highest BCUT2D eigenvalue weighted by atomic mass is 32.2. The van der Waals surface area contributed by atoms with Crippen LogP contribution in [0.25, 0.3) is 22.0 Å². The summed E-state index contributed by atoms with van der Waals surface area (Å²) in [5.41, 5.74) is 2.13. The number of nitrogens with zero attached hydrogens (tertiary/aromatic N) is 5. The minimum atomic E-state index is -4.28. The Kier molecular flexibility index (Phi) is 8.10. The summed E-state index contributed by atoms with van der Waals surface area (Å²) in [6.07, 6.45) is 2.72. The molecule has 0 spiro atoms. The van der Waals surface area contributed by atoms with Crippen LogP contribution in [0.1, 0.15) is 26.3 Å². The van der Waals surface area contributed by atoms with Crippen LogP contribution in [0.2, 0.25) is 0 Å². The van der Waals surface area contributed by atoms with Crippen LogP contribution >= 0.6 is 0 Å². The number of ether oxygens (including phenoxy) is 2. The van der Waals surface area contributed by atoms with Crippen molar-refractivity contribution in [1.29, 1.82) is 0 Å². The molecule has 11 nitrogen and oxygen atoms in total. The Bertz CT molecular complexity index is 1790. The molecular formula is C30H33FN6O5S. The van der Waals surface area contributed by atoms with Gasteiger partial charge in [-0.05, 0) is 69.2 Å². The normalized spacial score (nSPS) is 14.1. The van der Waals surface area contributed by atoms with Crippen molar-refractivity contribution < 1.29 is 27.1 Å². The van der Waals surface area contributed by atoms with Gasteiger partial charge in [0, 0.05) is 43.3 Å². The number of rotatable bonds is 6. The summed E-state index contributed by atoms with van der Waals surface area (Å²) in [4.78, 5) is 29.1. The van der Waals surface area contributed by atoms with Crippen molar-refractivity contribution in [2.45, 2.75) is 38.2 Å². The molecule has 1 N–H and O–H groups in total. The van der Waals surface area contributed by atoms with Crippen LogP contribution < -0.4 is 14.4 Å². The van der Waals surface area contributed by atoms with Gasteiger partial charge < -0.3 is 19.3 Å². The number of pyridine rings is 1. The summed E-state index contributed by atoms with van der Waals surface area (Å²) in [6, 6.07) is 11.1. The summed E-state index contributed by atoms with van der Waals surface area (Å²) < 4.78 is 53.9. The molecule has 1 saturated heterocycles. The fraction of sp³-hybridized carbons (Fsp3) is 0.333. The Morgan fingerprint density at radius 1 is 0.977 bits per heavy atom. The molecule has 1 aliphatic rings. The topological polar surface area (TPSA) is 127 Å². The number of nitrogens with one attached hydrogen (secondary N) is 1. The van der Waals surface area contributed by atoms with Crippen LogP contribution in [0.4, 0.5) is 20.7 Å². The van der Waals surface area contributed by atoms with Crippen LogP contribution in [-0.4, -0.2) is 73.3 Å². The average molecular weight is 609 g/mol. The number of amides is 1. The quantitative estimate of drug-likeness (QED) is 0.322. The largest absolute Gasteiger partial charge is 0.480 e. The van der Waals surface area contributed by atoms with E-state index in [4.69, 9.17) is 9.47 Å². The van der Waals surface area contributed by atoms with E-state index >= 15 is 0 Å². The molecule has 0 bridgehead atoms. The molecule has 0 aliphatic carbocycles. The third kappa shape index (κ3) is 6.61. The van der Waals surface area contributed by atoms with Gasteiger partial charge >= 0.3 is 6.09 Å². The molecule has 13 heteroatoms. The van der Waals surface area contributed by atoms with E-state index in [1.54, 1.807) is 24.1 Å². The number of carbonyl (C=O) groups excluding carboxylic acids is 1. The molecule has 4 aromatic rings. The van der Waals surface area contributed by atoms with Gasteiger partial charge in [-0.2, -0.15) is 0 Å². The van der Waals surface area contributed by atoms with Gasteiger partial charge in [-0.3, -0.25) is 4.72 Å². The molecule has 43 heavy (non-hydrogen) atoms. The number of aryl methyl sites for hydroxylation is 1. The third-order valence-electron chi connectivity index (χ3n) is 6.84. The van der Waals surface area contributed by atoms with Crippen molar-refractivity contribution in [3.05, 3.63) is 66.4 Å². The SMILES string of the molecule is COc1ncc(-c2ccc3ncnc(N4CCN(C(=O)OC(C)(C)C)CC4)c3c2)cc1NS(=O)(=O)c1ccc(C)cc1F. The summed E-state index contributed by atoms with van der Waals surface area (Å²) >= 11 is 0. The first-order valence-corrected chi connectivity index (χ1v) is 15.1. The number of hydrogen-bond acceptors (Lipinski definition) is 9. The van der Waals surface area contributed by atoms with E-state index < -0.39 is 26.3 Å². The lowest BCUT2D eigenvalue weighted by atomic mass is 10.0. The molecule has 2 aromatic heterocycles. The molecule has 2 aromatic carbocycles. The molecule has 5 rings (SSSR count). The molecule has 0 radical (unpaired) electrons. The Hall–Kier alpha value is -4.52. The van der Waals surface area contributed by atoms with E-state index in [0.717, 1.165) is 22.5 Å². The zero-order valence-corrected chi connectivity index (χ0v) is 25.4. The maximum Gasteiger partial charge on any atom is 0.410 e. The van der Waals surface area contributed by atoms with Gasteiger partial charge in [0.2, 0.25) is 5.88 Å². The van der Waals surface area contributed by atoms with Crippen molar-refractivity contribution >= 4 is 38.5 Å². The van der Waals surface area contributed by atoms with Gasteiger partial charge in [0.05, 0.1) is 12.6 Å². The zero-order valence-electron chi connectivity index (χ0n) is 24.6. The van der Waals surface area contributed by atoms with Crippen molar-refractivity contribution in [2.75, 3.05) is 42.9 Å². The van der Waals surface area contributed by atoms with E-state index in [-0.39, 0.29) is 17.7 Å². The van der Waals surface area contributed by atoms with Crippen LogP contribution in [0.5, 0.6) is 5.88 Å². The van der Waals surface area contributed by atoms with E-state index in [9.17, 15) is 17.6 Å². The Morgan fingerprint density at radius 3 is 2.40 bits per heavy atom. The Morgan fingerprint density at radius 2 is 1.72 bits per heavy atom. The van der Waals surface area contributed by atoms with E-state index in [2.05, 4.69) is 24.6 Å². The van der Waals surface area contributed by atoms with Crippen LogP contribution in [0.15, 0.2) is 59.9 Å².